The molecule has 0 bridgehead atoms. The lowest BCUT2D eigenvalue weighted by molar-refractivity contribution is -0.133. The molecule has 2 aliphatic heterocycles. The zero-order chi connectivity index (χ0) is 20.5. The van der Waals surface area contributed by atoms with Gasteiger partial charge in [-0.15, -0.1) is 0 Å². The van der Waals surface area contributed by atoms with Gasteiger partial charge in [-0.2, -0.15) is 5.26 Å². The van der Waals surface area contributed by atoms with Crippen LogP contribution in [0.3, 0.4) is 0 Å². The van der Waals surface area contributed by atoms with Crippen LogP contribution in [-0.2, 0) is 11.3 Å². The SMILES string of the molecule is CCNC(=NCc1cccc(C#N)c1)N1CCN(CC(=O)N2CCCCC2)CC1. The fraction of sp³-hybridized carbons (Fsp3) is 0.591. The summed E-state index contributed by atoms with van der Waals surface area (Å²) in [5.74, 6) is 1.17. The zero-order valence-corrected chi connectivity index (χ0v) is 17.4. The number of carbonyl (C=O) groups excluding carboxylic acids is 1. The summed E-state index contributed by atoms with van der Waals surface area (Å²) in [4.78, 5) is 23.8. The molecule has 1 aromatic carbocycles. The quantitative estimate of drug-likeness (QED) is 0.605. The van der Waals surface area contributed by atoms with E-state index >= 15 is 0 Å². The first-order chi connectivity index (χ1) is 14.2. The molecule has 1 N–H and O–H groups in total. The molecule has 7 nitrogen and oxygen atoms in total. The highest BCUT2D eigenvalue weighted by Gasteiger charge is 2.24. The van der Waals surface area contributed by atoms with Gasteiger partial charge in [-0.05, 0) is 43.9 Å². The van der Waals surface area contributed by atoms with E-state index in [-0.39, 0.29) is 5.91 Å². The molecule has 2 heterocycles. The Kier molecular flexibility index (Phi) is 7.88. The number of nitrogens with zero attached hydrogens (tertiary/aromatic N) is 5. The smallest absolute Gasteiger partial charge is 0.236 e. The molecule has 7 heteroatoms. The van der Waals surface area contributed by atoms with Gasteiger partial charge in [-0.1, -0.05) is 12.1 Å². The molecule has 0 unspecified atom stereocenters. The highest BCUT2D eigenvalue weighted by Crippen LogP contribution is 2.11. The minimum Gasteiger partial charge on any atom is -0.357 e. The topological polar surface area (TPSA) is 75.0 Å². The lowest BCUT2D eigenvalue weighted by Gasteiger charge is -2.37. The molecule has 0 spiro atoms. The lowest BCUT2D eigenvalue weighted by Crippen LogP contribution is -2.54. The maximum Gasteiger partial charge on any atom is 0.236 e. The minimum absolute atomic E-state index is 0.274. The summed E-state index contributed by atoms with van der Waals surface area (Å²) in [6.07, 6.45) is 3.52. The summed E-state index contributed by atoms with van der Waals surface area (Å²) in [5, 5.41) is 12.4. The van der Waals surface area contributed by atoms with Crippen LogP contribution in [0, 0.1) is 11.3 Å². The number of piperazine rings is 1. The summed E-state index contributed by atoms with van der Waals surface area (Å²) in [6.45, 7) is 9.25. The molecule has 0 radical (unpaired) electrons. The first kappa shape index (κ1) is 21.1. The van der Waals surface area contributed by atoms with Gasteiger partial charge in [-0.3, -0.25) is 9.69 Å². The molecule has 1 amide bonds. The van der Waals surface area contributed by atoms with Crippen molar-refractivity contribution >= 4 is 11.9 Å². The minimum atomic E-state index is 0.274. The number of nitriles is 1. The number of rotatable bonds is 5. The van der Waals surface area contributed by atoms with E-state index in [0.717, 1.165) is 70.2 Å². The van der Waals surface area contributed by atoms with Gasteiger partial charge in [0.1, 0.15) is 0 Å². The second-order valence-corrected chi connectivity index (χ2v) is 7.69. The van der Waals surface area contributed by atoms with Gasteiger partial charge in [0.05, 0.1) is 24.7 Å². The maximum absolute atomic E-state index is 12.5. The molecule has 2 aliphatic rings. The molecule has 3 rings (SSSR count). The third-order valence-corrected chi connectivity index (χ3v) is 5.54. The Hall–Kier alpha value is -2.59. The van der Waals surface area contributed by atoms with Crippen molar-refractivity contribution in [1.29, 1.82) is 5.26 Å². The van der Waals surface area contributed by atoms with E-state index < -0.39 is 0 Å². The monoisotopic (exact) mass is 396 g/mol. The molecule has 0 saturated carbocycles. The average molecular weight is 397 g/mol. The van der Waals surface area contributed by atoms with Gasteiger partial charge in [0.25, 0.3) is 0 Å². The van der Waals surface area contributed by atoms with Crippen molar-refractivity contribution in [3.05, 3.63) is 35.4 Å². The van der Waals surface area contributed by atoms with Crippen LogP contribution in [0.5, 0.6) is 0 Å². The highest BCUT2D eigenvalue weighted by molar-refractivity contribution is 5.80. The average Bonchev–Trinajstić information content (AvgIpc) is 2.78. The predicted octanol–water partition coefficient (Wildman–Crippen LogP) is 1.65. The Morgan fingerprint density at radius 1 is 1.10 bits per heavy atom. The highest BCUT2D eigenvalue weighted by atomic mass is 16.2. The van der Waals surface area contributed by atoms with E-state index in [1.54, 1.807) is 0 Å². The van der Waals surface area contributed by atoms with Crippen molar-refractivity contribution in [2.75, 3.05) is 52.4 Å². The standard InChI is InChI=1S/C22H32N6O/c1-2-24-22(25-17-20-8-6-7-19(15-20)16-23)28-13-11-26(12-14-28)18-21(29)27-9-4-3-5-10-27/h6-8,15H,2-5,9-14,17-18H2,1H3,(H,24,25). The number of amides is 1. The van der Waals surface area contributed by atoms with E-state index in [1.165, 1.54) is 6.42 Å². The van der Waals surface area contributed by atoms with Gasteiger partial charge in [0, 0.05) is 45.8 Å². The Labute approximate surface area is 174 Å². The van der Waals surface area contributed by atoms with Gasteiger partial charge in [-0.25, -0.2) is 4.99 Å². The van der Waals surface area contributed by atoms with Gasteiger partial charge in [0.2, 0.25) is 5.91 Å². The van der Waals surface area contributed by atoms with Gasteiger partial charge >= 0.3 is 0 Å². The first-order valence-electron chi connectivity index (χ1n) is 10.7. The maximum atomic E-state index is 12.5. The number of hydrogen-bond donors (Lipinski definition) is 1. The van der Waals surface area contributed by atoms with Crippen molar-refractivity contribution in [2.24, 2.45) is 4.99 Å². The Bertz CT molecular complexity index is 742. The third kappa shape index (κ3) is 6.20. The summed E-state index contributed by atoms with van der Waals surface area (Å²) in [5.41, 5.74) is 1.69. The Balaban J connectivity index is 1.52. The summed E-state index contributed by atoms with van der Waals surface area (Å²) in [6, 6.07) is 9.77. The fourth-order valence-corrected chi connectivity index (χ4v) is 3.88. The van der Waals surface area contributed by atoms with Crippen molar-refractivity contribution in [1.82, 2.24) is 20.0 Å². The van der Waals surface area contributed by atoms with E-state index in [2.05, 4.69) is 28.1 Å². The van der Waals surface area contributed by atoms with Crippen molar-refractivity contribution < 1.29 is 4.79 Å². The zero-order valence-electron chi connectivity index (χ0n) is 17.4. The molecule has 2 saturated heterocycles. The number of nitrogens with one attached hydrogen (secondary N) is 1. The van der Waals surface area contributed by atoms with Gasteiger partial charge in [0.15, 0.2) is 5.96 Å². The normalized spacial score (nSPS) is 18.4. The van der Waals surface area contributed by atoms with Crippen LogP contribution in [-0.4, -0.2) is 78.9 Å². The largest absolute Gasteiger partial charge is 0.357 e. The number of benzene rings is 1. The van der Waals surface area contributed by atoms with Crippen LogP contribution in [0.1, 0.15) is 37.3 Å². The van der Waals surface area contributed by atoms with E-state index in [1.807, 2.05) is 29.2 Å². The summed E-state index contributed by atoms with van der Waals surface area (Å²) >= 11 is 0. The molecule has 156 valence electrons. The second kappa shape index (κ2) is 10.8. The molecule has 0 atom stereocenters. The van der Waals surface area contributed by atoms with Crippen molar-refractivity contribution in [3.63, 3.8) is 0 Å². The number of likely N-dealkylation sites (tertiary alicyclic amines) is 1. The molecule has 0 aliphatic carbocycles. The van der Waals surface area contributed by atoms with E-state index in [9.17, 15) is 4.79 Å². The summed E-state index contributed by atoms with van der Waals surface area (Å²) in [7, 11) is 0. The molecule has 2 fully saturated rings. The molecule has 0 aromatic heterocycles. The van der Waals surface area contributed by atoms with Crippen LogP contribution in [0.25, 0.3) is 0 Å². The molecule has 1 aromatic rings. The number of guanidine groups is 1. The number of hydrogen-bond acceptors (Lipinski definition) is 4. The lowest BCUT2D eigenvalue weighted by atomic mass is 10.1. The summed E-state index contributed by atoms with van der Waals surface area (Å²) < 4.78 is 0. The molecule has 29 heavy (non-hydrogen) atoms. The van der Waals surface area contributed by atoms with Crippen molar-refractivity contribution in [2.45, 2.75) is 32.7 Å². The predicted molar refractivity (Wildman–Crippen MR) is 114 cm³/mol. The van der Waals surface area contributed by atoms with Crippen LogP contribution in [0.2, 0.25) is 0 Å². The van der Waals surface area contributed by atoms with Crippen LogP contribution in [0.4, 0.5) is 0 Å². The van der Waals surface area contributed by atoms with Gasteiger partial charge < -0.3 is 15.1 Å². The number of piperidine rings is 1. The Morgan fingerprint density at radius 3 is 2.55 bits per heavy atom. The number of aliphatic imine (C=N–C) groups is 1. The van der Waals surface area contributed by atoms with Crippen molar-refractivity contribution in [3.8, 4) is 6.07 Å². The Morgan fingerprint density at radius 2 is 1.86 bits per heavy atom. The fourth-order valence-electron chi connectivity index (χ4n) is 3.88. The second-order valence-electron chi connectivity index (χ2n) is 7.69. The third-order valence-electron chi connectivity index (χ3n) is 5.54. The van der Waals surface area contributed by atoms with Crippen LogP contribution >= 0.6 is 0 Å². The number of carbonyl (C=O) groups is 1. The molecular weight excluding hydrogens is 364 g/mol. The molecular formula is C22H32N6O. The van der Waals surface area contributed by atoms with E-state index in [0.29, 0.717) is 18.7 Å². The van der Waals surface area contributed by atoms with Crippen LogP contribution < -0.4 is 5.32 Å². The first-order valence-corrected chi connectivity index (χ1v) is 10.7. The van der Waals surface area contributed by atoms with Crippen LogP contribution in [0.15, 0.2) is 29.3 Å². The van der Waals surface area contributed by atoms with E-state index in [4.69, 9.17) is 10.3 Å².